The molecule has 0 heterocycles. The number of hydrogen-bond acceptors (Lipinski definition) is 2. The van der Waals surface area contributed by atoms with E-state index in [0.29, 0.717) is 6.54 Å². The van der Waals surface area contributed by atoms with E-state index in [4.69, 9.17) is 0 Å². The Hall–Kier alpha value is -1.49. The Morgan fingerprint density at radius 1 is 1.39 bits per heavy atom. The van der Waals surface area contributed by atoms with Crippen LogP contribution < -0.4 is 5.32 Å². The van der Waals surface area contributed by atoms with Crippen LogP contribution in [-0.2, 0) is 10.3 Å². The monoisotopic (exact) mass is 257 g/mol. The Kier molecular flexibility index (Phi) is 4.40. The van der Waals surface area contributed by atoms with Crippen molar-refractivity contribution < 1.29 is 18.7 Å². The molecule has 1 unspecified atom stereocenters. The number of aliphatic carboxylic acids is 1. The molecule has 5 heteroatoms. The molecule has 1 aromatic rings. The van der Waals surface area contributed by atoms with Crippen molar-refractivity contribution in [1.29, 1.82) is 0 Å². The van der Waals surface area contributed by atoms with Crippen molar-refractivity contribution in [2.24, 2.45) is 5.92 Å². The molecule has 0 bridgehead atoms. The van der Waals surface area contributed by atoms with Gasteiger partial charge in [-0.3, -0.25) is 5.32 Å². The van der Waals surface area contributed by atoms with Gasteiger partial charge in [0.05, 0.1) is 0 Å². The van der Waals surface area contributed by atoms with Gasteiger partial charge in [-0.05, 0) is 37.1 Å². The first-order chi connectivity index (χ1) is 8.27. The summed E-state index contributed by atoms with van der Waals surface area (Å²) >= 11 is 0. The van der Waals surface area contributed by atoms with Gasteiger partial charge in [0.25, 0.3) is 0 Å². The van der Waals surface area contributed by atoms with Crippen molar-refractivity contribution in [2.75, 3.05) is 6.54 Å². The molecular formula is C13H17F2NO2. The Morgan fingerprint density at radius 3 is 2.44 bits per heavy atom. The van der Waals surface area contributed by atoms with E-state index in [1.54, 1.807) is 0 Å². The number of halogens is 2. The zero-order chi connectivity index (χ0) is 13.9. The number of rotatable bonds is 5. The lowest BCUT2D eigenvalue weighted by Crippen LogP contribution is -2.48. The molecule has 2 N–H and O–H groups in total. The van der Waals surface area contributed by atoms with Crippen LogP contribution in [0.1, 0.15) is 26.3 Å². The van der Waals surface area contributed by atoms with Gasteiger partial charge in [-0.25, -0.2) is 13.6 Å². The molecule has 1 atom stereocenters. The maximum atomic E-state index is 13.2. The molecule has 0 aliphatic heterocycles. The molecule has 0 amide bonds. The lowest BCUT2D eigenvalue weighted by atomic mass is 9.91. The number of carboxylic acid groups (broad SMARTS) is 1. The number of carboxylic acids is 1. The van der Waals surface area contributed by atoms with Gasteiger partial charge in [0.15, 0.2) is 11.6 Å². The summed E-state index contributed by atoms with van der Waals surface area (Å²) in [6.45, 7) is 5.76. The van der Waals surface area contributed by atoms with Crippen LogP contribution in [0, 0.1) is 17.6 Å². The van der Waals surface area contributed by atoms with E-state index in [1.165, 1.54) is 13.0 Å². The SMILES string of the molecule is CC(C)CNC(C)(C(=O)O)c1ccc(F)c(F)c1. The summed E-state index contributed by atoms with van der Waals surface area (Å²) < 4.78 is 26.0. The summed E-state index contributed by atoms with van der Waals surface area (Å²) in [5.41, 5.74) is -1.24. The van der Waals surface area contributed by atoms with Crippen molar-refractivity contribution in [3.05, 3.63) is 35.4 Å². The average molecular weight is 257 g/mol. The quantitative estimate of drug-likeness (QED) is 0.852. The minimum Gasteiger partial charge on any atom is -0.480 e. The lowest BCUT2D eigenvalue weighted by Gasteiger charge is -2.28. The molecule has 0 aromatic heterocycles. The largest absolute Gasteiger partial charge is 0.480 e. The molecule has 0 saturated heterocycles. The molecule has 0 spiro atoms. The minimum atomic E-state index is -1.43. The predicted molar refractivity (Wildman–Crippen MR) is 64.2 cm³/mol. The van der Waals surface area contributed by atoms with E-state index in [9.17, 15) is 18.7 Å². The second kappa shape index (κ2) is 5.44. The Balaban J connectivity index is 3.10. The maximum Gasteiger partial charge on any atom is 0.328 e. The molecule has 1 rings (SSSR count). The Labute approximate surface area is 105 Å². The summed E-state index contributed by atoms with van der Waals surface area (Å²) in [4.78, 5) is 11.4. The van der Waals surface area contributed by atoms with Gasteiger partial charge in [-0.2, -0.15) is 0 Å². The van der Waals surface area contributed by atoms with Gasteiger partial charge in [-0.15, -0.1) is 0 Å². The van der Waals surface area contributed by atoms with Crippen LogP contribution >= 0.6 is 0 Å². The predicted octanol–water partition coefficient (Wildman–Crippen LogP) is 2.51. The van der Waals surface area contributed by atoms with E-state index in [-0.39, 0.29) is 11.5 Å². The van der Waals surface area contributed by atoms with Gasteiger partial charge in [-0.1, -0.05) is 19.9 Å². The first kappa shape index (κ1) is 14.6. The zero-order valence-corrected chi connectivity index (χ0v) is 10.6. The third kappa shape index (κ3) is 3.04. The number of nitrogens with one attached hydrogen (secondary N) is 1. The van der Waals surface area contributed by atoms with Crippen LogP contribution in [0.15, 0.2) is 18.2 Å². The fourth-order valence-electron chi connectivity index (χ4n) is 1.52. The van der Waals surface area contributed by atoms with Crippen LogP contribution in [0.2, 0.25) is 0 Å². The van der Waals surface area contributed by atoms with Gasteiger partial charge in [0.2, 0.25) is 0 Å². The van der Waals surface area contributed by atoms with Gasteiger partial charge < -0.3 is 5.11 Å². The summed E-state index contributed by atoms with van der Waals surface area (Å²) in [6.07, 6.45) is 0. The summed E-state index contributed by atoms with van der Waals surface area (Å²) in [5, 5.41) is 12.1. The van der Waals surface area contributed by atoms with E-state index in [1.807, 2.05) is 13.8 Å². The van der Waals surface area contributed by atoms with Crippen molar-refractivity contribution in [3.63, 3.8) is 0 Å². The molecule has 100 valence electrons. The van der Waals surface area contributed by atoms with Gasteiger partial charge in [0, 0.05) is 0 Å². The molecule has 3 nitrogen and oxygen atoms in total. The third-order valence-corrected chi connectivity index (χ3v) is 2.79. The van der Waals surface area contributed by atoms with Crippen LogP contribution in [0.3, 0.4) is 0 Å². The number of hydrogen-bond donors (Lipinski definition) is 2. The third-order valence-electron chi connectivity index (χ3n) is 2.79. The molecular weight excluding hydrogens is 240 g/mol. The van der Waals surface area contributed by atoms with E-state index < -0.39 is 23.1 Å². The highest BCUT2D eigenvalue weighted by Crippen LogP contribution is 2.23. The zero-order valence-electron chi connectivity index (χ0n) is 10.6. The fourth-order valence-corrected chi connectivity index (χ4v) is 1.52. The smallest absolute Gasteiger partial charge is 0.328 e. The van der Waals surface area contributed by atoms with Crippen molar-refractivity contribution in [2.45, 2.75) is 26.3 Å². The number of carbonyl (C=O) groups is 1. The molecule has 1 aromatic carbocycles. The van der Waals surface area contributed by atoms with Crippen LogP contribution in [0.4, 0.5) is 8.78 Å². The summed E-state index contributed by atoms with van der Waals surface area (Å²) in [5.74, 6) is -2.93. The van der Waals surface area contributed by atoms with Crippen molar-refractivity contribution in [1.82, 2.24) is 5.32 Å². The lowest BCUT2D eigenvalue weighted by molar-refractivity contribution is -0.144. The normalized spacial score (nSPS) is 14.6. The van der Waals surface area contributed by atoms with Crippen LogP contribution in [0.25, 0.3) is 0 Å². The molecule has 0 fully saturated rings. The van der Waals surface area contributed by atoms with Gasteiger partial charge >= 0.3 is 5.97 Å². The summed E-state index contributed by atoms with van der Waals surface area (Å²) in [7, 11) is 0. The Morgan fingerprint density at radius 2 is 2.00 bits per heavy atom. The minimum absolute atomic E-state index is 0.189. The fraction of sp³-hybridized carbons (Fsp3) is 0.462. The highest BCUT2D eigenvalue weighted by molar-refractivity contribution is 5.80. The van der Waals surface area contributed by atoms with Crippen LogP contribution in [0.5, 0.6) is 0 Å². The second-order valence-corrected chi connectivity index (χ2v) is 4.83. The van der Waals surface area contributed by atoms with Crippen molar-refractivity contribution >= 4 is 5.97 Å². The number of benzene rings is 1. The Bertz CT molecular complexity index is 449. The van der Waals surface area contributed by atoms with Gasteiger partial charge in [0.1, 0.15) is 5.54 Å². The van der Waals surface area contributed by atoms with E-state index in [0.717, 1.165) is 12.1 Å². The molecule has 18 heavy (non-hydrogen) atoms. The topological polar surface area (TPSA) is 49.3 Å². The van der Waals surface area contributed by atoms with E-state index in [2.05, 4.69) is 5.32 Å². The highest BCUT2D eigenvalue weighted by Gasteiger charge is 2.35. The van der Waals surface area contributed by atoms with E-state index >= 15 is 0 Å². The average Bonchev–Trinajstić information content (AvgIpc) is 2.29. The van der Waals surface area contributed by atoms with Crippen molar-refractivity contribution in [3.8, 4) is 0 Å². The first-order valence-electron chi connectivity index (χ1n) is 5.71. The molecule has 0 aliphatic carbocycles. The first-order valence-corrected chi connectivity index (χ1v) is 5.71. The summed E-state index contributed by atoms with van der Waals surface area (Å²) in [6, 6.07) is 3.12. The molecule has 0 saturated carbocycles. The molecule has 0 aliphatic rings. The second-order valence-electron chi connectivity index (χ2n) is 4.83. The standard InChI is InChI=1S/C13H17F2NO2/c1-8(2)7-16-13(3,12(17)18)9-4-5-10(14)11(15)6-9/h4-6,8,16H,7H2,1-3H3,(H,17,18). The highest BCUT2D eigenvalue weighted by atomic mass is 19.2. The van der Waals surface area contributed by atoms with Crippen LogP contribution in [-0.4, -0.2) is 17.6 Å². The molecule has 0 radical (unpaired) electrons. The maximum absolute atomic E-state index is 13.2.